The Balaban J connectivity index is 2.89. The minimum Gasteiger partial charge on any atom is -0.322 e. The van der Waals surface area contributed by atoms with Crippen LogP contribution in [0.2, 0.25) is 0 Å². The Kier molecular flexibility index (Phi) is 3.10. The molecule has 1 aromatic carbocycles. The second kappa shape index (κ2) is 3.96. The lowest BCUT2D eigenvalue weighted by Crippen LogP contribution is -2.12. The van der Waals surface area contributed by atoms with Gasteiger partial charge in [0.15, 0.2) is 0 Å². The van der Waals surface area contributed by atoms with Crippen molar-refractivity contribution in [3.05, 3.63) is 35.4 Å². The first-order chi connectivity index (χ1) is 6.45. The zero-order chi connectivity index (χ0) is 10.8. The van der Waals surface area contributed by atoms with E-state index in [4.69, 9.17) is 5.73 Å². The van der Waals surface area contributed by atoms with E-state index >= 15 is 0 Å². The molecule has 1 rings (SSSR count). The lowest BCUT2D eigenvalue weighted by Gasteiger charge is -2.10. The van der Waals surface area contributed by atoms with E-state index in [0.29, 0.717) is 5.56 Å². The summed E-state index contributed by atoms with van der Waals surface area (Å²) in [5.74, 6) is 0. The molecule has 0 aliphatic rings. The quantitative estimate of drug-likeness (QED) is 0.741. The van der Waals surface area contributed by atoms with Gasteiger partial charge < -0.3 is 5.73 Å². The summed E-state index contributed by atoms with van der Waals surface area (Å²) in [5.41, 5.74) is 4.90. The first-order valence-corrected chi connectivity index (χ1v) is 3.94. The molecule has 1 atom stereocenters. The molecule has 0 spiro atoms. The number of nitrogens with two attached hydrogens (primary N) is 1. The van der Waals surface area contributed by atoms with Crippen LogP contribution in [0.3, 0.4) is 0 Å². The summed E-state index contributed by atoms with van der Waals surface area (Å²) in [6.07, 6.45) is -4.36. The maximum atomic E-state index is 12.1. The summed E-state index contributed by atoms with van der Waals surface area (Å²) in [4.78, 5) is 0. The van der Waals surface area contributed by atoms with Gasteiger partial charge >= 0.3 is 6.18 Å². The van der Waals surface area contributed by atoms with Crippen molar-refractivity contribution in [3.63, 3.8) is 0 Å². The monoisotopic (exact) mass is 207 g/mol. The molecule has 2 N–H and O–H groups in total. The van der Waals surface area contributed by atoms with Gasteiger partial charge in [0, 0.05) is 0 Å². The van der Waals surface area contributed by atoms with E-state index in [-0.39, 0.29) is 0 Å². The van der Waals surface area contributed by atoms with Crippen LogP contribution in [0, 0.1) is 0 Å². The average Bonchev–Trinajstić information content (AvgIpc) is 2.15. The number of halogens is 4. The zero-order valence-corrected chi connectivity index (χ0v) is 7.18. The molecule has 0 saturated carbocycles. The summed E-state index contributed by atoms with van der Waals surface area (Å²) in [5, 5.41) is 0. The fourth-order valence-electron chi connectivity index (χ4n) is 1.01. The Morgan fingerprint density at radius 2 is 1.64 bits per heavy atom. The molecule has 0 radical (unpaired) electrons. The minimum atomic E-state index is -4.36. The van der Waals surface area contributed by atoms with Crippen molar-refractivity contribution in [3.8, 4) is 0 Å². The molecule has 0 aliphatic heterocycles. The molecule has 0 unspecified atom stereocenters. The van der Waals surface area contributed by atoms with Crippen molar-refractivity contribution in [1.29, 1.82) is 0 Å². The van der Waals surface area contributed by atoms with Gasteiger partial charge in [0.1, 0.15) is 6.67 Å². The Hall–Kier alpha value is -1.10. The molecule has 0 amide bonds. The molecule has 1 aromatic rings. The van der Waals surface area contributed by atoms with Gasteiger partial charge in [-0.25, -0.2) is 4.39 Å². The largest absolute Gasteiger partial charge is 0.416 e. The van der Waals surface area contributed by atoms with Crippen LogP contribution in [0.25, 0.3) is 0 Å². The van der Waals surface area contributed by atoms with Gasteiger partial charge in [-0.05, 0) is 17.7 Å². The number of alkyl halides is 4. The van der Waals surface area contributed by atoms with Crippen LogP contribution in [0.5, 0.6) is 0 Å². The van der Waals surface area contributed by atoms with Crippen LogP contribution in [-0.4, -0.2) is 6.67 Å². The molecular weight excluding hydrogens is 198 g/mol. The lowest BCUT2D eigenvalue weighted by atomic mass is 10.1. The Labute approximate surface area is 78.5 Å². The Bertz CT molecular complexity index is 291. The number of rotatable bonds is 2. The molecule has 0 heterocycles. The average molecular weight is 207 g/mol. The van der Waals surface area contributed by atoms with Crippen molar-refractivity contribution in [1.82, 2.24) is 0 Å². The fraction of sp³-hybridized carbons (Fsp3) is 0.333. The van der Waals surface area contributed by atoms with Gasteiger partial charge in [-0.15, -0.1) is 0 Å². The van der Waals surface area contributed by atoms with Crippen molar-refractivity contribution >= 4 is 0 Å². The highest BCUT2D eigenvalue weighted by Crippen LogP contribution is 2.29. The van der Waals surface area contributed by atoms with E-state index in [9.17, 15) is 17.6 Å². The third kappa shape index (κ3) is 2.45. The second-order valence-corrected chi connectivity index (χ2v) is 2.88. The third-order valence-electron chi connectivity index (χ3n) is 1.83. The Morgan fingerprint density at radius 3 is 2.00 bits per heavy atom. The van der Waals surface area contributed by atoms with Crippen LogP contribution in [-0.2, 0) is 6.18 Å². The van der Waals surface area contributed by atoms with E-state index in [0.717, 1.165) is 12.1 Å². The lowest BCUT2D eigenvalue weighted by molar-refractivity contribution is -0.137. The molecule has 0 fully saturated rings. The second-order valence-electron chi connectivity index (χ2n) is 2.88. The standard InChI is InChI=1S/C9H9F4N/c10-5-8(14)6-1-3-7(4-2-6)9(11,12)13/h1-4,8H,5,14H2/t8-/m1/s1. The van der Waals surface area contributed by atoms with Gasteiger partial charge in [0.2, 0.25) is 0 Å². The predicted octanol–water partition coefficient (Wildman–Crippen LogP) is 2.67. The van der Waals surface area contributed by atoms with E-state index < -0.39 is 24.5 Å². The molecule has 0 bridgehead atoms. The van der Waals surface area contributed by atoms with E-state index in [1.54, 1.807) is 0 Å². The highest BCUT2D eigenvalue weighted by atomic mass is 19.4. The van der Waals surface area contributed by atoms with Gasteiger partial charge in [0.25, 0.3) is 0 Å². The first-order valence-electron chi connectivity index (χ1n) is 3.94. The topological polar surface area (TPSA) is 26.0 Å². The summed E-state index contributed by atoms with van der Waals surface area (Å²) in [6, 6.07) is 3.31. The van der Waals surface area contributed by atoms with Crippen molar-refractivity contribution < 1.29 is 17.6 Å². The normalized spacial score (nSPS) is 14.1. The molecule has 5 heteroatoms. The minimum absolute atomic E-state index is 0.362. The van der Waals surface area contributed by atoms with Crippen LogP contribution in [0.4, 0.5) is 17.6 Å². The third-order valence-corrected chi connectivity index (χ3v) is 1.83. The van der Waals surface area contributed by atoms with Crippen LogP contribution in [0.15, 0.2) is 24.3 Å². The maximum absolute atomic E-state index is 12.1. The van der Waals surface area contributed by atoms with Crippen LogP contribution in [0.1, 0.15) is 17.2 Å². The van der Waals surface area contributed by atoms with Crippen molar-refractivity contribution in [2.45, 2.75) is 12.2 Å². The molecule has 0 aliphatic carbocycles. The predicted molar refractivity (Wildman–Crippen MR) is 44.3 cm³/mol. The fourth-order valence-corrected chi connectivity index (χ4v) is 1.01. The molecule has 1 nitrogen and oxygen atoms in total. The summed E-state index contributed by atoms with van der Waals surface area (Å²) < 4.78 is 48.4. The van der Waals surface area contributed by atoms with Gasteiger partial charge in [-0.3, -0.25) is 0 Å². The molecule has 14 heavy (non-hydrogen) atoms. The SMILES string of the molecule is N[C@H](CF)c1ccc(C(F)(F)F)cc1. The molecule has 0 saturated heterocycles. The van der Waals surface area contributed by atoms with E-state index in [1.165, 1.54) is 12.1 Å². The van der Waals surface area contributed by atoms with Crippen molar-refractivity contribution in [2.24, 2.45) is 5.73 Å². The first kappa shape index (κ1) is 11.0. The molecular formula is C9H9F4N. The molecule has 0 aromatic heterocycles. The zero-order valence-electron chi connectivity index (χ0n) is 7.18. The maximum Gasteiger partial charge on any atom is 0.416 e. The van der Waals surface area contributed by atoms with Crippen LogP contribution >= 0.6 is 0 Å². The highest BCUT2D eigenvalue weighted by molar-refractivity contribution is 5.26. The number of benzene rings is 1. The van der Waals surface area contributed by atoms with Crippen LogP contribution < -0.4 is 5.73 Å². The summed E-state index contributed by atoms with van der Waals surface area (Å²) >= 11 is 0. The van der Waals surface area contributed by atoms with Gasteiger partial charge in [-0.2, -0.15) is 13.2 Å². The smallest absolute Gasteiger partial charge is 0.322 e. The number of hydrogen-bond donors (Lipinski definition) is 1. The van der Waals surface area contributed by atoms with E-state index in [1.807, 2.05) is 0 Å². The van der Waals surface area contributed by atoms with E-state index in [2.05, 4.69) is 0 Å². The summed E-state index contributed by atoms with van der Waals surface area (Å²) in [6.45, 7) is -0.786. The van der Waals surface area contributed by atoms with Crippen molar-refractivity contribution in [2.75, 3.05) is 6.67 Å². The molecule has 78 valence electrons. The highest BCUT2D eigenvalue weighted by Gasteiger charge is 2.30. The van der Waals surface area contributed by atoms with Gasteiger partial charge in [0.05, 0.1) is 11.6 Å². The Morgan fingerprint density at radius 1 is 1.14 bits per heavy atom. The summed E-state index contributed by atoms with van der Waals surface area (Å²) in [7, 11) is 0. The number of hydrogen-bond acceptors (Lipinski definition) is 1. The van der Waals surface area contributed by atoms with Gasteiger partial charge in [-0.1, -0.05) is 12.1 Å².